The lowest BCUT2D eigenvalue weighted by Gasteiger charge is -2.39. The number of hydrogen-bond acceptors (Lipinski definition) is 2. The maximum Gasteiger partial charge on any atom is 0.227 e. The van der Waals surface area contributed by atoms with Crippen molar-refractivity contribution in [3.8, 4) is 0 Å². The molecule has 0 radical (unpaired) electrons. The Hall–Kier alpha value is -1.35. The van der Waals surface area contributed by atoms with Gasteiger partial charge in [-0.15, -0.1) is 0 Å². The number of benzene rings is 1. The molecule has 114 valence electrons. The molecule has 2 aliphatic heterocycles. The highest BCUT2D eigenvalue weighted by Crippen LogP contribution is 2.32. The first kappa shape index (κ1) is 14.6. The fraction of sp³-hybridized carbons (Fsp3) is 0.611. The molecule has 2 unspecified atom stereocenters. The van der Waals surface area contributed by atoms with E-state index in [1.807, 2.05) is 0 Å². The summed E-state index contributed by atoms with van der Waals surface area (Å²) in [5.74, 6) is 0.553. The van der Waals surface area contributed by atoms with E-state index >= 15 is 0 Å². The number of nitrogens with one attached hydrogen (secondary N) is 1. The summed E-state index contributed by atoms with van der Waals surface area (Å²) in [4.78, 5) is 15.0. The summed E-state index contributed by atoms with van der Waals surface area (Å²) in [6, 6.07) is 9.01. The number of carbonyl (C=O) groups is 1. The van der Waals surface area contributed by atoms with Crippen molar-refractivity contribution in [1.82, 2.24) is 10.2 Å². The lowest BCUT2D eigenvalue weighted by Crippen LogP contribution is -2.46. The van der Waals surface area contributed by atoms with Crippen molar-refractivity contribution >= 4 is 5.91 Å². The van der Waals surface area contributed by atoms with Crippen LogP contribution in [0.2, 0.25) is 0 Å². The molecule has 1 amide bonds. The molecule has 1 aromatic rings. The minimum Gasteiger partial charge on any atom is -0.335 e. The van der Waals surface area contributed by atoms with Crippen LogP contribution in [0, 0.1) is 12.8 Å². The van der Waals surface area contributed by atoms with Crippen LogP contribution in [-0.4, -0.2) is 30.4 Å². The standard InChI is InChI=1S/C18H26N2O/c1-14-7-9-15(10-8-14)17-6-2-3-12-20(17)18(21)16-5-4-11-19-13-16/h7-10,16-17,19H,2-6,11-13H2,1H3. The third kappa shape index (κ3) is 3.29. The first-order chi connectivity index (χ1) is 10.3. The summed E-state index contributed by atoms with van der Waals surface area (Å²) >= 11 is 0. The fourth-order valence-corrected chi connectivity index (χ4v) is 3.63. The number of piperidine rings is 2. The summed E-state index contributed by atoms with van der Waals surface area (Å²) in [6.07, 6.45) is 5.65. The van der Waals surface area contributed by atoms with Gasteiger partial charge in [-0.05, 0) is 51.1 Å². The Morgan fingerprint density at radius 2 is 1.95 bits per heavy atom. The van der Waals surface area contributed by atoms with Crippen molar-refractivity contribution in [2.45, 2.75) is 45.1 Å². The molecule has 0 aromatic heterocycles. The molecular weight excluding hydrogens is 260 g/mol. The van der Waals surface area contributed by atoms with Gasteiger partial charge >= 0.3 is 0 Å². The summed E-state index contributed by atoms with van der Waals surface area (Å²) in [5, 5.41) is 3.37. The second-order valence-electron chi connectivity index (χ2n) is 6.50. The molecule has 3 nitrogen and oxygen atoms in total. The van der Waals surface area contributed by atoms with E-state index in [0.717, 1.165) is 45.3 Å². The molecule has 2 atom stereocenters. The van der Waals surface area contributed by atoms with E-state index in [2.05, 4.69) is 41.4 Å². The Labute approximate surface area is 127 Å². The molecule has 2 saturated heterocycles. The van der Waals surface area contributed by atoms with E-state index in [-0.39, 0.29) is 12.0 Å². The zero-order valence-corrected chi connectivity index (χ0v) is 13.0. The Kier molecular flexibility index (Phi) is 4.59. The first-order valence-corrected chi connectivity index (χ1v) is 8.33. The molecule has 0 saturated carbocycles. The third-order valence-corrected chi connectivity index (χ3v) is 4.89. The SMILES string of the molecule is Cc1ccc(C2CCCCN2C(=O)C2CCCNC2)cc1. The zero-order valence-electron chi connectivity index (χ0n) is 13.0. The maximum atomic E-state index is 12.9. The van der Waals surface area contributed by atoms with Crippen molar-refractivity contribution in [1.29, 1.82) is 0 Å². The predicted molar refractivity (Wildman–Crippen MR) is 85.1 cm³/mol. The van der Waals surface area contributed by atoms with Crippen molar-refractivity contribution in [2.24, 2.45) is 5.92 Å². The van der Waals surface area contributed by atoms with E-state index in [9.17, 15) is 4.79 Å². The molecule has 2 aliphatic rings. The Bertz CT molecular complexity index is 476. The highest BCUT2D eigenvalue weighted by atomic mass is 16.2. The molecule has 0 bridgehead atoms. The van der Waals surface area contributed by atoms with Crippen molar-refractivity contribution in [3.05, 3.63) is 35.4 Å². The van der Waals surface area contributed by atoms with Gasteiger partial charge in [-0.1, -0.05) is 29.8 Å². The van der Waals surface area contributed by atoms with E-state index < -0.39 is 0 Å². The minimum absolute atomic E-state index is 0.185. The van der Waals surface area contributed by atoms with Crippen molar-refractivity contribution < 1.29 is 4.79 Å². The van der Waals surface area contributed by atoms with Gasteiger partial charge in [0.2, 0.25) is 5.91 Å². The summed E-state index contributed by atoms with van der Waals surface area (Å²) < 4.78 is 0. The Morgan fingerprint density at radius 1 is 1.14 bits per heavy atom. The molecule has 2 fully saturated rings. The van der Waals surface area contributed by atoms with Crippen LogP contribution in [-0.2, 0) is 4.79 Å². The van der Waals surface area contributed by atoms with Gasteiger partial charge in [-0.2, -0.15) is 0 Å². The average Bonchev–Trinajstić information content (AvgIpc) is 2.56. The number of carbonyl (C=O) groups excluding carboxylic acids is 1. The van der Waals surface area contributed by atoms with Gasteiger partial charge in [-0.25, -0.2) is 0 Å². The number of nitrogens with zero attached hydrogens (tertiary/aromatic N) is 1. The van der Waals surface area contributed by atoms with Crippen LogP contribution < -0.4 is 5.32 Å². The molecule has 21 heavy (non-hydrogen) atoms. The van der Waals surface area contributed by atoms with Crippen molar-refractivity contribution in [3.63, 3.8) is 0 Å². The normalized spacial score (nSPS) is 26.6. The second-order valence-corrected chi connectivity index (χ2v) is 6.50. The van der Waals surface area contributed by atoms with E-state index in [0.29, 0.717) is 5.91 Å². The second kappa shape index (κ2) is 6.61. The minimum atomic E-state index is 0.185. The quantitative estimate of drug-likeness (QED) is 0.906. The van der Waals surface area contributed by atoms with Crippen LogP contribution in [0.25, 0.3) is 0 Å². The molecular formula is C18H26N2O. The Morgan fingerprint density at radius 3 is 2.67 bits per heavy atom. The number of likely N-dealkylation sites (tertiary alicyclic amines) is 1. The lowest BCUT2D eigenvalue weighted by atomic mass is 9.91. The molecule has 0 aliphatic carbocycles. The van der Waals surface area contributed by atoms with Gasteiger partial charge in [0.15, 0.2) is 0 Å². The van der Waals surface area contributed by atoms with Gasteiger partial charge in [0, 0.05) is 13.1 Å². The predicted octanol–water partition coefficient (Wildman–Crippen LogP) is 3.05. The number of aryl methyl sites for hydroxylation is 1. The number of amides is 1. The number of hydrogen-bond donors (Lipinski definition) is 1. The zero-order chi connectivity index (χ0) is 14.7. The monoisotopic (exact) mass is 286 g/mol. The smallest absolute Gasteiger partial charge is 0.227 e. The van der Waals surface area contributed by atoms with Crippen LogP contribution in [0.15, 0.2) is 24.3 Å². The van der Waals surface area contributed by atoms with Gasteiger partial charge in [-0.3, -0.25) is 4.79 Å². The Balaban J connectivity index is 1.77. The molecule has 1 aromatic carbocycles. The topological polar surface area (TPSA) is 32.3 Å². The van der Waals surface area contributed by atoms with Crippen LogP contribution in [0.4, 0.5) is 0 Å². The lowest BCUT2D eigenvalue weighted by molar-refractivity contribution is -0.140. The van der Waals surface area contributed by atoms with E-state index in [1.54, 1.807) is 0 Å². The molecule has 1 N–H and O–H groups in total. The summed E-state index contributed by atoms with van der Waals surface area (Å²) in [7, 11) is 0. The highest BCUT2D eigenvalue weighted by Gasteiger charge is 2.32. The van der Waals surface area contributed by atoms with Crippen LogP contribution in [0.3, 0.4) is 0 Å². The van der Waals surface area contributed by atoms with Gasteiger partial charge in [0.1, 0.15) is 0 Å². The van der Waals surface area contributed by atoms with E-state index in [1.165, 1.54) is 17.5 Å². The average molecular weight is 286 g/mol. The largest absolute Gasteiger partial charge is 0.335 e. The summed E-state index contributed by atoms with van der Waals surface area (Å²) in [6.45, 7) is 4.95. The van der Waals surface area contributed by atoms with Crippen LogP contribution in [0.1, 0.15) is 49.3 Å². The van der Waals surface area contributed by atoms with Crippen LogP contribution >= 0.6 is 0 Å². The van der Waals surface area contributed by atoms with Gasteiger partial charge in [0.05, 0.1) is 12.0 Å². The fourth-order valence-electron chi connectivity index (χ4n) is 3.63. The van der Waals surface area contributed by atoms with Crippen LogP contribution in [0.5, 0.6) is 0 Å². The first-order valence-electron chi connectivity index (χ1n) is 8.33. The molecule has 2 heterocycles. The van der Waals surface area contributed by atoms with E-state index in [4.69, 9.17) is 0 Å². The number of rotatable bonds is 2. The maximum absolute atomic E-state index is 12.9. The van der Waals surface area contributed by atoms with Crippen molar-refractivity contribution in [2.75, 3.05) is 19.6 Å². The molecule has 3 rings (SSSR count). The molecule has 3 heteroatoms. The molecule has 0 spiro atoms. The third-order valence-electron chi connectivity index (χ3n) is 4.89. The van der Waals surface area contributed by atoms with Gasteiger partial charge in [0.25, 0.3) is 0 Å². The highest BCUT2D eigenvalue weighted by molar-refractivity contribution is 5.79. The van der Waals surface area contributed by atoms with Gasteiger partial charge < -0.3 is 10.2 Å². The summed E-state index contributed by atoms with van der Waals surface area (Å²) in [5.41, 5.74) is 2.58.